The topological polar surface area (TPSA) is 41.9 Å². The fourth-order valence-electron chi connectivity index (χ4n) is 2.97. The van der Waals surface area contributed by atoms with Gasteiger partial charge in [-0.15, -0.1) is 0 Å². The minimum absolute atomic E-state index is 0.221. The molecule has 0 aliphatic carbocycles. The molecule has 0 unspecified atom stereocenters. The van der Waals surface area contributed by atoms with Gasteiger partial charge in [-0.2, -0.15) is 5.06 Å². The van der Waals surface area contributed by atoms with E-state index in [1.807, 2.05) is 74.5 Å². The van der Waals surface area contributed by atoms with Crippen molar-refractivity contribution in [3.05, 3.63) is 71.8 Å². The second-order valence-electron chi connectivity index (χ2n) is 6.31. The van der Waals surface area contributed by atoms with Crippen molar-refractivity contribution in [1.82, 2.24) is 5.06 Å². The van der Waals surface area contributed by atoms with Crippen LogP contribution in [0.5, 0.6) is 0 Å². The summed E-state index contributed by atoms with van der Waals surface area (Å²) in [5.74, 6) is -0.620. The largest absolute Gasteiger partial charge is 0.348 e. The summed E-state index contributed by atoms with van der Waals surface area (Å²) in [6.07, 6.45) is -0.221. The van der Waals surface area contributed by atoms with Gasteiger partial charge < -0.3 is 14.7 Å². The Labute approximate surface area is 137 Å². The van der Waals surface area contributed by atoms with Crippen LogP contribution in [0.2, 0.25) is 0 Å². The summed E-state index contributed by atoms with van der Waals surface area (Å²) in [4.78, 5) is 0. The van der Waals surface area contributed by atoms with E-state index in [-0.39, 0.29) is 12.1 Å². The molecule has 1 fully saturated rings. The van der Waals surface area contributed by atoms with Gasteiger partial charge in [0.1, 0.15) is 6.10 Å². The van der Waals surface area contributed by atoms with Gasteiger partial charge in [0, 0.05) is 6.54 Å². The highest BCUT2D eigenvalue weighted by molar-refractivity contribution is 5.21. The first-order valence-electron chi connectivity index (χ1n) is 7.91. The van der Waals surface area contributed by atoms with Gasteiger partial charge in [0.25, 0.3) is 0 Å². The highest BCUT2D eigenvalue weighted by atomic mass is 16.7. The monoisotopic (exact) mass is 313 g/mol. The minimum Gasteiger partial charge on any atom is -0.348 e. The zero-order chi connectivity index (χ0) is 16.3. The van der Waals surface area contributed by atoms with Crippen molar-refractivity contribution >= 4 is 0 Å². The van der Waals surface area contributed by atoms with E-state index in [1.165, 1.54) is 5.06 Å². The van der Waals surface area contributed by atoms with Crippen molar-refractivity contribution in [1.29, 1.82) is 0 Å². The normalized spacial score (nSPS) is 21.5. The molecule has 23 heavy (non-hydrogen) atoms. The van der Waals surface area contributed by atoms with Crippen LogP contribution in [0.15, 0.2) is 60.7 Å². The quantitative estimate of drug-likeness (QED) is 0.853. The third-order valence-electron chi connectivity index (χ3n) is 4.03. The van der Waals surface area contributed by atoms with Gasteiger partial charge in [-0.3, -0.25) is 0 Å². The van der Waals surface area contributed by atoms with E-state index in [9.17, 15) is 5.21 Å². The second kappa shape index (κ2) is 6.81. The Bertz CT molecular complexity index is 615. The fraction of sp³-hybridized carbons (Fsp3) is 0.368. The number of hydroxylamine groups is 2. The summed E-state index contributed by atoms with van der Waals surface area (Å²) in [7, 11) is 0. The summed E-state index contributed by atoms with van der Waals surface area (Å²) in [6.45, 7) is 4.68. The zero-order valence-corrected chi connectivity index (χ0v) is 13.6. The molecule has 0 saturated carbocycles. The Morgan fingerprint density at radius 2 is 1.70 bits per heavy atom. The molecule has 1 aliphatic rings. The zero-order valence-electron chi connectivity index (χ0n) is 13.6. The molecule has 0 spiro atoms. The van der Waals surface area contributed by atoms with Crippen molar-refractivity contribution in [2.24, 2.45) is 0 Å². The van der Waals surface area contributed by atoms with Crippen molar-refractivity contribution in [2.45, 2.75) is 38.3 Å². The first-order chi connectivity index (χ1) is 11.1. The number of benzene rings is 2. The Hall–Kier alpha value is -1.72. The maximum atomic E-state index is 10.7. The lowest BCUT2D eigenvalue weighted by Crippen LogP contribution is -2.36. The van der Waals surface area contributed by atoms with E-state index in [0.717, 1.165) is 11.1 Å². The SMILES string of the molecule is CC1(C)OC[C@H]([C@H](c2ccccc2)N(O)Cc2ccccc2)O1. The molecule has 1 aliphatic heterocycles. The van der Waals surface area contributed by atoms with Crippen molar-refractivity contribution in [3.63, 3.8) is 0 Å². The van der Waals surface area contributed by atoms with Gasteiger partial charge in [-0.05, 0) is 25.0 Å². The molecule has 122 valence electrons. The number of nitrogens with zero attached hydrogens (tertiary/aromatic N) is 1. The van der Waals surface area contributed by atoms with E-state index in [2.05, 4.69) is 0 Å². The molecule has 0 aromatic heterocycles. The first kappa shape index (κ1) is 16.1. The van der Waals surface area contributed by atoms with Crippen LogP contribution >= 0.6 is 0 Å². The predicted molar refractivity (Wildman–Crippen MR) is 87.9 cm³/mol. The van der Waals surface area contributed by atoms with E-state index in [4.69, 9.17) is 9.47 Å². The van der Waals surface area contributed by atoms with Crippen LogP contribution in [0.3, 0.4) is 0 Å². The summed E-state index contributed by atoms with van der Waals surface area (Å²) >= 11 is 0. The molecule has 3 rings (SSSR count). The maximum Gasteiger partial charge on any atom is 0.163 e. The summed E-state index contributed by atoms with van der Waals surface area (Å²) < 4.78 is 11.7. The molecule has 0 bridgehead atoms. The maximum absolute atomic E-state index is 10.7. The van der Waals surface area contributed by atoms with Gasteiger partial charge in [0.2, 0.25) is 0 Å². The number of hydrogen-bond acceptors (Lipinski definition) is 4. The Morgan fingerprint density at radius 3 is 2.26 bits per heavy atom. The van der Waals surface area contributed by atoms with Crippen LogP contribution in [-0.4, -0.2) is 28.8 Å². The molecule has 2 atom stereocenters. The smallest absolute Gasteiger partial charge is 0.163 e. The summed E-state index contributed by atoms with van der Waals surface area (Å²) in [6, 6.07) is 19.6. The van der Waals surface area contributed by atoms with Gasteiger partial charge in [-0.1, -0.05) is 60.7 Å². The van der Waals surface area contributed by atoms with Gasteiger partial charge in [-0.25, -0.2) is 0 Å². The molecule has 0 amide bonds. The van der Waals surface area contributed by atoms with E-state index in [0.29, 0.717) is 13.2 Å². The highest BCUT2D eigenvalue weighted by Gasteiger charge is 2.40. The van der Waals surface area contributed by atoms with Crippen LogP contribution in [-0.2, 0) is 16.0 Å². The van der Waals surface area contributed by atoms with Crippen LogP contribution in [0, 0.1) is 0 Å². The van der Waals surface area contributed by atoms with Crippen LogP contribution in [0.1, 0.15) is 31.0 Å². The third-order valence-corrected chi connectivity index (χ3v) is 4.03. The molecule has 1 saturated heterocycles. The molecule has 4 heteroatoms. The Morgan fingerprint density at radius 1 is 1.09 bits per heavy atom. The molecule has 2 aromatic rings. The lowest BCUT2D eigenvalue weighted by Gasteiger charge is -2.31. The summed E-state index contributed by atoms with van der Waals surface area (Å²) in [5.41, 5.74) is 2.06. The van der Waals surface area contributed by atoms with Crippen molar-refractivity contribution in [2.75, 3.05) is 6.61 Å². The van der Waals surface area contributed by atoms with Gasteiger partial charge in [0.05, 0.1) is 12.6 Å². The average Bonchev–Trinajstić information content (AvgIpc) is 2.89. The molecule has 0 radical (unpaired) electrons. The number of hydrogen-bond donors (Lipinski definition) is 1. The van der Waals surface area contributed by atoms with Crippen LogP contribution in [0.4, 0.5) is 0 Å². The average molecular weight is 313 g/mol. The fourth-order valence-corrected chi connectivity index (χ4v) is 2.97. The standard InChI is InChI=1S/C19H23NO3/c1-19(2)22-14-17(23-19)18(16-11-7-4-8-12-16)20(21)13-15-9-5-3-6-10-15/h3-12,17-18,21H,13-14H2,1-2H3/t17-,18+/m1/s1. The van der Waals surface area contributed by atoms with E-state index in [1.54, 1.807) is 0 Å². The number of ether oxygens (including phenoxy) is 2. The Kier molecular flexibility index (Phi) is 4.78. The van der Waals surface area contributed by atoms with Gasteiger partial charge in [0.15, 0.2) is 5.79 Å². The third kappa shape index (κ3) is 3.98. The lowest BCUT2D eigenvalue weighted by molar-refractivity contribution is -0.191. The molecular weight excluding hydrogens is 290 g/mol. The minimum atomic E-state index is -0.620. The van der Waals surface area contributed by atoms with Gasteiger partial charge >= 0.3 is 0 Å². The number of rotatable bonds is 5. The second-order valence-corrected chi connectivity index (χ2v) is 6.31. The molecule has 4 nitrogen and oxygen atoms in total. The van der Waals surface area contributed by atoms with Crippen LogP contribution in [0.25, 0.3) is 0 Å². The predicted octanol–water partition coefficient (Wildman–Crippen LogP) is 3.77. The molecule has 1 heterocycles. The van der Waals surface area contributed by atoms with Crippen molar-refractivity contribution in [3.8, 4) is 0 Å². The lowest BCUT2D eigenvalue weighted by atomic mass is 10.0. The van der Waals surface area contributed by atoms with Crippen LogP contribution < -0.4 is 0 Å². The van der Waals surface area contributed by atoms with Crippen molar-refractivity contribution < 1.29 is 14.7 Å². The van der Waals surface area contributed by atoms with E-state index >= 15 is 0 Å². The molecular formula is C19H23NO3. The highest BCUT2D eigenvalue weighted by Crippen LogP contribution is 2.34. The molecule has 2 aromatic carbocycles. The van der Waals surface area contributed by atoms with E-state index < -0.39 is 5.79 Å². The molecule has 1 N–H and O–H groups in total. The first-order valence-corrected chi connectivity index (χ1v) is 7.91. The Balaban J connectivity index is 1.83. The summed E-state index contributed by atoms with van der Waals surface area (Å²) in [5, 5.41) is 12.1.